The minimum absolute atomic E-state index is 0.171. The van der Waals surface area contributed by atoms with Crippen LogP contribution >= 0.6 is 0 Å². The normalized spacial score (nSPS) is 15.1. The van der Waals surface area contributed by atoms with Crippen LogP contribution < -0.4 is 4.90 Å². The van der Waals surface area contributed by atoms with E-state index < -0.39 is 11.6 Å². The van der Waals surface area contributed by atoms with Gasteiger partial charge in [0.25, 0.3) is 0 Å². The summed E-state index contributed by atoms with van der Waals surface area (Å²) in [5.41, 5.74) is 1.59. The number of methoxy groups -OCH3 is 1. The molecule has 2 heterocycles. The number of hydrogen-bond donors (Lipinski definition) is 0. The third-order valence-electron chi connectivity index (χ3n) is 4.88. The van der Waals surface area contributed by atoms with Gasteiger partial charge in [-0.05, 0) is 46.8 Å². The van der Waals surface area contributed by atoms with Crippen LogP contribution in [0, 0.1) is 0 Å². The number of aromatic nitrogens is 2. The van der Waals surface area contributed by atoms with E-state index in [0.717, 1.165) is 11.1 Å². The van der Waals surface area contributed by atoms with Crippen LogP contribution in [0.25, 0.3) is 10.9 Å². The lowest BCUT2D eigenvalue weighted by Crippen LogP contribution is -2.50. The van der Waals surface area contributed by atoms with Crippen LogP contribution in [0.2, 0.25) is 0 Å². The zero-order valence-electron chi connectivity index (χ0n) is 18.1. The number of fused-ring (bicyclic) bond motifs is 1. The van der Waals surface area contributed by atoms with Gasteiger partial charge in [-0.15, -0.1) is 0 Å². The fourth-order valence-corrected chi connectivity index (χ4v) is 3.38. The Kier molecular flexibility index (Phi) is 5.73. The standard InChI is InChI=1S/C21H30N4O4/c1-14(2)25-13-16-17(8-7-15(18(16)22-25)19(26)28-6)23-9-11-24(12-10-23)20(27)29-21(3,4)5/h7-8,13-14H,9-12H2,1-6H3. The molecule has 0 bridgehead atoms. The highest BCUT2D eigenvalue weighted by molar-refractivity contribution is 6.06. The third-order valence-corrected chi connectivity index (χ3v) is 4.88. The summed E-state index contributed by atoms with van der Waals surface area (Å²) in [6.45, 7) is 12.2. The second kappa shape index (κ2) is 7.93. The van der Waals surface area contributed by atoms with Crippen molar-refractivity contribution >= 4 is 28.7 Å². The Morgan fingerprint density at radius 3 is 2.31 bits per heavy atom. The lowest BCUT2D eigenvalue weighted by atomic mass is 10.1. The SMILES string of the molecule is COC(=O)c1ccc(N2CCN(C(=O)OC(C)(C)C)CC2)c2cn(C(C)C)nc12. The Balaban J connectivity index is 1.86. The van der Waals surface area contributed by atoms with Crippen molar-refractivity contribution in [2.75, 3.05) is 38.2 Å². The molecule has 0 saturated carbocycles. The summed E-state index contributed by atoms with van der Waals surface area (Å²) in [6.07, 6.45) is 1.69. The minimum Gasteiger partial charge on any atom is -0.465 e. The summed E-state index contributed by atoms with van der Waals surface area (Å²) in [5, 5.41) is 5.53. The molecule has 8 nitrogen and oxygen atoms in total. The molecule has 0 aliphatic carbocycles. The van der Waals surface area contributed by atoms with E-state index in [9.17, 15) is 9.59 Å². The van der Waals surface area contributed by atoms with Gasteiger partial charge < -0.3 is 19.3 Å². The quantitative estimate of drug-likeness (QED) is 0.732. The highest BCUT2D eigenvalue weighted by atomic mass is 16.6. The molecule has 1 aliphatic heterocycles. The first-order valence-electron chi connectivity index (χ1n) is 9.94. The minimum atomic E-state index is -0.504. The number of nitrogens with zero attached hydrogens (tertiary/aromatic N) is 4. The fraction of sp³-hybridized carbons (Fsp3) is 0.571. The number of ether oxygens (including phenoxy) is 2. The van der Waals surface area contributed by atoms with Crippen LogP contribution in [0.1, 0.15) is 51.0 Å². The van der Waals surface area contributed by atoms with Crippen LogP contribution in [0.15, 0.2) is 18.3 Å². The molecule has 1 aromatic carbocycles. The Hall–Kier alpha value is -2.77. The van der Waals surface area contributed by atoms with Crippen molar-refractivity contribution in [3.8, 4) is 0 Å². The predicted molar refractivity (Wildman–Crippen MR) is 111 cm³/mol. The van der Waals surface area contributed by atoms with E-state index in [1.165, 1.54) is 7.11 Å². The van der Waals surface area contributed by atoms with Crippen molar-refractivity contribution in [2.24, 2.45) is 0 Å². The lowest BCUT2D eigenvalue weighted by Gasteiger charge is -2.37. The molecule has 1 fully saturated rings. The van der Waals surface area contributed by atoms with Crippen LogP contribution in [0.5, 0.6) is 0 Å². The second-order valence-electron chi connectivity index (χ2n) is 8.54. The number of rotatable bonds is 3. The second-order valence-corrected chi connectivity index (χ2v) is 8.54. The van der Waals surface area contributed by atoms with Gasteiger partial charge in [-0.25, -0.2) is 9.59 Å². The third kappa shape index (κ3) is 4.46. The molecule has 158 valence electrons. The summed E-state index contributed by atoms with van der Waals surface area (Å²) in [5.74, 6) is -0.398. The van der Waals surface area contributed by atoms with Crippen molar-refractivity contribution < 1.29 is 19.1 Å². The average Bonchev–Trinajstić information content (AvgIpc) is 3.11. The average molecular weight is 402 g/mol. The number of amides is 1. The predicted octanol–water partition coefficient (Wildman–Crippen LogP) is 3.46. The van der Waals surface area contributed by atoms with Gasteiger partial charge in [-0.2, -0.15) is 5.10 Å². The summed E-state index contributed by atoms with van der Waals surface area (Å²) < 4.78 is 12.3. The van der Waals surface area contributed by atoms with E-state index in [1.54, 1.807) is 11.0 Å². The first-order valence-corrected chi connectivity index (χ1v) is 9.94. The maximum Gasteiger partial charge on any atom is 0.410 e. The topological polar surface area (TPSA) is 76.9 Å². The van der Waals surface area contributed by atoms with Gasteiger partial charge in [-0.1, -0.05) is 0 Å². The van der Waals surface area contributed by atoms with Crippen molar-refractivity contribution in [3.05, 3.63) is 23.9 Å². The van der Waals surface area contributed by atoms with E-state index in [2.05, 4.69) is 10.00 Å². The molecule has 0 N–H and O–H groups in total. The molecule has 8 heteroatoms. The number of esters is 1. The van der Waals surface area contributed by atoms with E-state index in [0.29, 0.717) is 37.3 Å². The van der Waals surface area contributed by atoms with Crippen molar-refractivity contribution in [1.82, 2.24) is 14.7 Å². The largest absolute Gasteiger partial charge is 0.465 e. The number of benzene rings is 1. The Morgan fingerprint density at radius 1 is 1.10 bits per heavy atom. The molecule has 0 spiro atoms. The van der Waals surface area contributed by atoms with Crippen molar-refractivity contribution in [3.63, 3.8) is 0 Å². The van der Waals surface area contributed by atoms with Gasteiger partial charge >= 0.3 is 12.1 Å². The number of hydrogen-bond acceptors (Lipinski definition) is 6. The van der Waals surface area contributed by atoms with Gasteiger partial charge in [0.15, 0.2) is 0 Å². The smallest absolute Gasteiger partial charge is 0.410 e. The van der Waals surface area contributed by atoms with Gasteiger partial charge in [0.2, 0.25) is 0 Å². The number of carbonyl (C=O) groups is 2. The van der Waals surface area contributed by atoms with Crippen molar-refractivity contribution in [2.45, 2.75) is 46.3 Å². The summed E-state index contributed by atoms with van der Waals surface area (Å²) in [4.78, 5) is 28.5. The van der Waals surface area contributed by atoms with Crippen LogP contribution in [-0.4, -0.2) is 65.6 Å². The molecule has 0 radical (unpaired) electrons. The molecule has 1 amide bonds. The Morgan fingerprint density at radius 2 is 1.76 bits per heavy atom. The lowest BCUT2D eigenvalue weighted by molar-refractivity contribution is 0.0240. The maximum absolute atomic E-state index is 12.3. The zero-order valence-corrected chi connectivity index (χ0v) is 18.1. The van der Waals surface area contributed by atoms with Crippen LogP contribution in [0.4, 0.5) is 10.5 Å². The van der Waals surface area contributed by atoms with Gasteiger partial charge in [-0.3, -0.25) is 4.68 Å². The number of piperazine rings is 1. The van der Waals surface area contributed by atoms with E-state index in [-0.39, 0.29) is 12.1 Å². The van der Waals surface area contributed by atoms with Gasteiger partial charge in [0, 0.05) is 49.5 Å². The Labute approximate surface area is 171 Å². The van der Waals surface area contributed by atoms with Gasteiger partial charge in [0.05, 0.1) is 12.7 Å². The molecule has 1 saturated heterocycles. The first kappa shape index (κ1) is 21.0. The van der Waals surface area contributed by atoms with E-state index in [1.807, 2.05) is 51.6 Å². The maximum atomic E-state index is 12.3. The van der Waals surface area contributed by atoms with E-state index in [4.69, 9.17) is 9.47 Å². The molecule has 0 atom stereocenters. The van der Waals surface area contributed by atoms with Gasteiger partial charge in [0.1, 0.15) is 11.1 Å². The first-order chi connectivity index (χ1) is 13.6. The highest BCUT2D eigenvalue weighted by Gasteiger charge is 2.27. The van der Waals surface area contributed by atoms with Crippen molar-refractivity contribution in [1.29, 1.82) is 0 Å². The van der Waals surface area contributed by atoms with Crippen LogP contribution in [0.3, 0.4) is 0 Å². The van der Waals surface area contributed by atoms with Crippen LogP contribution in [-0.2, 0) is 9.47 Å². The highest BCUT2D eigenvalue weighted by Crippen LogP contribution is 2.31. The molecular weight excluding hydrogens is 372 g/mol. The molecule has 0 unspecified atom stereocenters. The van der Waals surface area contributed by atoms with E-state index >= 15 is 0 Å². The fourth-order valence-electron chi connectivity index (χ4n) is 3.38. The number of anilines is 1. The Bertz CT molecular complexity index is 905. The summed E-state index contributed by atoms with van der Waals surface area (Å²) >= 11 is 0. The zero-order chi connectivity index (χ0) is 21.3. The number of carbonyl (C=O) groups excluding carboxylic acids is 2. The monoisotopic (exact) mass is 402 g/mol. The molecule has 1 aromatic heterocycles. The summed E-state index contributed by atoms with van der Waals surface area (Å²) in [6, 6.07) is 3.87. The molecule has 2 aromatic rings. The molecule has 29 heavy (non-hydrogen) atoms. The molecular formula is C21H30N4O4. The summed E-state index contributed by atoms with van der Waals surface area (Å²) in [7, 11) is 1.37. The molecule has 3 rings (SSSR count). The molecule has 1 aliphatic rings.